The molecule has 1 heterocycles. The summed E-state index contributed by atoms with van der Waals surface area (Å²) in [7, 11) is 1.33. The molecule has 8 heteroatoms. The molecule has 0 aliphatic rings. The fraction of sp³-hybridized carbons (Fsp3) is 0.0952. The molecule has 2 aromatic carbocycles. The van der Waals surface area contributed by atoms with Crippen LogP contribution in [0.5, 0.6) is 0 Å². The first kappa shape index (κ1) is 20.5. The lowest BCUT2D eigenvalue weighted by atomic mass is 10.1. The monoisotopic (exact) mass is 426 g/mol. The summed E-state index contributed by atoms with van der Waals surface area (Å²) in [4.78, 5) is 24.3. The molecule has 0 fully saturated rings. The Morgan fingerprint density at radius 1 is 1.07 bits per heavy atom. The van der Waals surface area contributed by atoms with E-state index in [4.69, 9.17) is 22.1 Å². The van der Waals surface area contributed by atoms with Gasteiger partial charge in [0.15, 0.2) is 5.11 Å². The van der Waals surface area contributed by atoms with Crippen molar-refractivity contribution in [2.45, 2.75) is 6.42 Å². The minimum absolute atomic E-state index is 0.148. The zero-order valence-corrected chi connectivity index (χ0v) is 17.1. The zero-order chi connectivity index (χ0) is 20.8. The van der Waals surface area contributed by atoms with Crippen LogP contribution in [-0.4, -0.2) is 29.3 Å². The molecule has 0 spiro atoms. The summed E-state index contributed by atoms with van der Waals surface area (Å²) in [6, 6.07) is 18.0. The Morgan fingerprint density at radius 3 is 2.52 bits per heavy atom. The number of methoxy groups -OCH3 is 1. The van der Waals surface area contributed by atoms with Gasteiger partial charge in [-0.15, -0.1) is 11.3 Å². The second-order valence-electron chi connectivity index (χ2n) is 6.07. The van der Waals surface area contributed by atoms with Crippen molar-refractivity contribution in [1.29, 1.82) is 0 Å². The number of thiocarbonyl (C=S) groups is 1. The molecule has 0 unspecified atom stereocenters. The number of carboxylic acids is 1. The van der Waals surface area contributed by atoms with Crippen molar-refractivity contribution >= 4 is 51.3 Å². The number of thiophene rings is 1. The molecule has 0 atom stereocenters. The van der Waals surface area contributed by atoms with Gasteiger partial charge in [-0.3, -0.25) is 0 Å². The third kappa shape index (κ3) is 5.40. The summed E-state index contributed by atoms with van der Waals surface area (Å²) in [6.45, 7) is 0. The molecule has 3 rings (SSSR count). The molecular weight excluding hydrogens is 408 g/mol. The van der Waals surface area contributed by atoms with E-state index in [0.717, 1.165) is 10.4 Å². The molecule has 1 aromatic heterocycles. The first-order valence-electron chi connectivity index (χ1n) is 8.62. The van der Waals surface area contributed by atoms with E-state index in [1.165, 1.54) is 30.6 Å². The predicted molar refractivity (Wildman–Crippen MR) is 118 cm³/mol. The van der Waals surface area contributed by atoms with Gasteiger partial charge >= 0.3 is 11.9 Å². The van der Waals surface area contributed by atoms with Crippen molar-refractivity contribution in [3.05, 3.63) is 82.2 Å². The summed E-state index contributed by atoms with van der Waals surface area (Å²) in [5.74, 6) is -1.48. The van der Waals surface area contributed by atoms with Crippen molar-refractivity contribution in [2.24, 2.45) is 0 Å². The molecule has 0 saturated carbocycles. The Bertz CT molecular complexity index is 1050. The molecule has 29 heavy (non-hydrogen) atoms. The van der Waals surface area contributed by atoms with Crippen molar-refractivity contribution in [3.63, 3.8) is 0 Å². The van der Waals surface area contributed by atoms with Crippen LogP contribution in [0.1, 0.15) is 31.2 Å². The zero-order valence-electron chi connectivity index (χ0n) is 15.5. The normalized spacial score (nSPS) is 10.2. The number of aromatic carboxylic acids is 1. The Labute approximate surface area is 177 Å². The van der Waals surface area contributed by atoms with Crippen LogP contribution in [0.15, 0.2) is 60.7 Å². The standard InChI is InChI=1S/C21H18N2O4S2/c1-27-20(26)17-12-16(10-13-6-3-2-4-7-13)29-18(17)23-21(28)22-15-9-5-8-14(11-15)19(24)25/h2-9,11-12H,10H2,1H3,(H,24,25)(H2,22,23,28). The van der Waals surface area contributed by atoms with Gasteiger partial charge in [-0.2, -0.15) is 0 Å². The number of carboxylic acid groups (broad SMARTS) is 1. The quantitative estimate of drug-likeness (QED) is 0.391. The molecule has 0 amide bonds. The molecule has 0 saturated heterocycles. The highest BCUT2D eigenvalue weighted by atomic mass is 32.1. The molecule has 0 aliphatic heterocycles. The average Bonchev–Trinajstić information content (AvgIpc) is 3.10. The number of ether oxygens (including phenoxy) is 1. The van der Waals surface area contributed by atoms with Gasteiger partial charge in [-0.25, -0.2) is 9.59 Å². The lowest BCUT2D eigenvalue weighted by Crippen LogP contribution is -2.20. The Hall–Kier alpha value is -3.23. The number of nitrogens with one attached hydrogen (secondary N) is 2. The van der Waals surface area contributed by atoms with Gasteiger partial charge in [-0.1, -0.05) is 36.4 Å². The number of rotatable bonds is 6. The van der Waals surface area contributed by atoms with Gasteiger partial charge in [0.05, 0.1) is 18.2 Å². The average molecular weight is 427 g/mol. The molecule has 0 bridgehead atoms. The SMILES string of the molecule is COC(=O)c1cc(Cc2ccccc2)sc1NC(=S)Nc1cccc(C(=O)O)c1. The predicted octanol–water partition coefficient (Wildman–Crippen LogP) is 4.63. The fourth-order valence-electron chi connectivity index (χ4n) is 2.68. The van der Waals surface area contributed by atoms with Gasteiger partial charge in [0.2, 0.25) is 0 Å². The molecule has 148 valence electrons. The summed E-state index contributed by atoms with van der Waals surface area (Å²) in [6.07, 6.45) is 0.679. The molecule has 3 N–H and O–H groups in total. The van der Waals surface area contributed by atoms with Gasteiger partial charge in [0.25, 0.3) is 0 Å². The molecule has 6 nitrogen and oxygen atoms in total. The maximum Gasteiger partial charge on any atom is 0.340 e. The van der Waals surface area contributed by atoms with E-state index < -0.39 is 11.9 Å². The van der Waals surface area contributed by atoms with Crippen LogP contribution < -0.4 is 10.6 Å². The first-order valence-corrected chi connectivity index (χ1v) is 9.85. The largest absolute Gasteiger partial charge is 0.478 e. The number of hydrogen-bond donors (Lipinski definition) is 3. The lowest BCUT2D eigenvalue weighted by molar-refractivity contribution is 0.0601. The highest BCUT2D eigenvalue weighted by Crippen LogP contribution is 2.30. The Kier molecular flexibility index (Phi) is 6.58. The highest BCUT2D eigenvalue weighted by Gasteiger charge is 2.18. The van der Waals surface area contributed by atoms with Gasteiger partial charge in [0.1, 0.15) is 5.00 Å². The highest BCUT2D eigenvalue weighted by molar-refractivity contribution is 7.80. The summed E-state index contributed by atoms with van der Waals surface area (Å²) in [5, 5.41) is 15.9. The number of hydrogen-bond acceptors (Lipinski definition) is 5. The van der Waals surface area contributed by atoms with Gasteiger partial charge in [-0.05, 0) is 42.0 Å². The van der Waals surface area contributed by atoms with Crippen molar-refractivity contribution in [1.82, 2.24) is 0 Å². The maximum atomic E-state index is 12.2. The first-order chi connectivity index (χ1) is 14.0. The van der Waals surface area contributed by atoms with Crippen LogP contribution in [-0.2, 0) is 11.2 Å². The van der Waals surface area contributed by atoms with E-state index in [0.29, 0.717) is 22.7 Å². The summed E-state index contributed by atoms with van der Waals surface area (Å²) < 4.78 is 4.88. The second-order valence-corrected chi connectivity index (χ2v) is 7.62. The fourth-order valence-corrected chi connectivity index (χ4v) is 4.04. The van der Waals surface area contributed by atoms with E-state index in [2.05, 4.69) is 10.6 Å². The minimum Gasteiger partial charge on any atom is -0.478 e. The molecular formula is C21H18N2O4S2. The van der Waals surface area contributed by atoms with E-state index in [-0.39, 0.29) is 10.7 Å². The third-order valence-corrected chi connectivity index (χ3v) is 5.26. The number of anilines is 2. The van der Waals surface area contributed by atoms with Crippen LogP contribution in [0.2, 0.25) is 0 Å². The topological polar surface area (TPSA) is 87.7 Å². The minimum atomic E-state index is -1.02. The van der Waals surface area contributed by atoms with Crippen LogP contribution in [0.3, 0.4) is 0 Å². The lowest BCUT2D eigenvalue weighted by Gasteiger charge is -2.10. The molecule has 0 radical (unpaired) electrons. The maximum absolute atomic E-state index is 12.2. The molecule has 0 aliphatic carbocycles. The van der Waals surface area contributed by atoms with Crippen LogP contribution in [0.25, 0.3) is 0 Å². The molecule has 3 aromatic rings. The van der Waals surface area contributed by atoms with E-state index in [1.54, 1.807) is 18.2 Å². The smallest absolute Gasteiger partial charge is 0.340 e. The van der Waals surface area contributed by atoms with Crippen molar-refractivity contribution < 1.29 is 19.4 Å². The van der Waals surface area contributed by atoms with Crippen molar-refractivity contribution in [2.75, 3.05) is 17.7 Å². The van der Waals surface area contributed by atoms with E-state index >= 15 is 0 Å². The van der Waals surface area contributed by atoms with Crippen LogP contribution >= 0.6 is 23.6 Å². The van der Waals surface area contributed by atoms with Crippen LogP contribution in [0.4, 0.5) is 10.7 Å². The second kappa shape index (κ2) is 9.31. The Morgan fingerprint density at radius 2 is 1.83 bits per heavy atom. The van der Waals surface area contributed by atoms with Crippen LogP contribution in [0, 0.1) is 0 Å². The number of carbonyl (C=O) groups is 2. The van der Waals surface area contributed by atoms with Gasteiger partial charge < -0.3 is 20.5 Å². The number of benzene rings is 2. The number of esters is 1. The van der Waals surface area contributed by atoms with E-state index in [9.17, 15) is 9.59 Å². The van der Waals surface area contributed by atoms with Crippen molar-refractivity contribution in [3.8, 4) is 0 Å². The third-order valence-electron chi connectivity index (χ3n) is 4.00. The number of carbonyl (C=O) groups excluding carboxylic acids is 1. The summed E-state index contributed by atoms with van der Waals surface area (Å²) in [5.41, 5.74) is 2.20. The Balaban J connectivity index is 1.78. The van der Waals surface area contributed by atoms with E-state index in [1.807, 2.05) is 30.3 Å². The summed E-state index contributed by atoms with van der Waals surface area (Å²) >= 11 is 6.74. The van der Waals surface area contributed by atoms with Gasteiger partial charge in [0, 0.05) is 17.0 Å².